The molecule has 1 aliphatic rings. The monoisotopic (exact) mass is 432 g/mol. The Hall–Kier alpha value is -1.92. The summed E-state index contributed by atoms with van der Waals surface area (Å²) < 4.78 is 5.76. The quantitative estimate of drug-likeness (QED) is 0.236. The minimum atomic E-state index is -1.22. The summed E-state index contributed by atoms with van der Waals surface area (Å²) in [5.41, 5.74) is 4.93. The Labute approximate surface area is 187 Å². The van der Waals surface area contributed by atoms with Crippen LogP contribution in [0.25, 0.3) is 0 Å². The van der Waals surface area contributed by atoms with E-state index in [0.29, 0.717) is 31.4 Å². The Morgan fingerprint density at radius 3 is 2.32 bits per heavy atom. The molecule has 1 fully saturated rings. The van der Waals surface area contributed by atoms with Gasteiger partial charge in [0.1, 0.15) is 11.3 Å². The van der Waals surface area contributed by atoms with Crippen LogP contribution >= 0.6 is 0 Å². The van der Waals surface area contributed by atoms with Crippen molar-refractivity contribution in [3.05, 3.63) is 30.3 Å². The Bertz CT molecular complexity index is 736. The molecule has 0 heterocycles. The zero-order valence-corrected chi connectivity index (χ0v) is 19.6. The molecule has 1 aliphatic carbocycles. The van der Waals surface area contributed by atoms with Crippen molar-refractivity contribution in [3.8, 4) is 5.75 Å². The predicted octanol–water partition coefficient (Wildman–Crippen LogP) is 4.90. The second-order valence-electron chi connectivity index (χ2n) is 10.3. The summed E-state index contributed by atoms with van der Waals surface area (Å²) in [5.74, 6) is 4.41. The van der Waals surface area contributed by atoms with Gasteiger partial charge in [-0.1, -0.05) is 78.0 Å². The van der Waals surface area contributed by atoms with Gasteiger partial charge in [0, 0.05) is 0 Å². The van der Waals surface area contributed by atoms with Crippen molar-refractivity contribution >= 4 is 11.9 Å². The van der Waals surface area contributed by atoms with Crippen LogP contribution in [0.3, 0.4) is 0 Å². The van der Waals surface area contributed by atoms with Gasteiger partial charge in [-0.3, -0.25) is 4.79 Å². The fraction of sp³-hybridized carbons (Fsp3) is 0.680. The van der Waals surface area contributed by atoms with E-state index in [1.165, 1.54) is 6.42 Å². The number of unbranched alkanes of at least 4 members (excludes halogenated alkanes) is 4. The van der Waals surface area contributed by atoms with Crippen LogP contribution in [-0.2, 0) is 14.4 Å². The fourth-order valence-corrected chi connectivity index (χ4v) is 5.43. The second-order valence-corrected chi connectivity index (χ2v) is 10.3. The molecule has 0 spiro atoms. The van der Waals surface area contributed by atoms with Crippen molar-refractivity contribution in [2.75, 3.05) is 0 Å². The zero-order chi connectivity index (χ0) is 23.1. The predicted molar refractivity (Wildman–Crippen MR) is 122 cm³/mol. The summed E-state index contributed by atoms with van der Waals surface area (Å²) in [6, 6.07) is 9.02. The number of hydrogen-bond donors (Lipinski definition) is 2. The first-order valence-corrected chi connectivity index (χ1v) is 11.5. The summed E-state index contributed by atoms with van der Waals surface area (Å²) in [7, 11) is 0. The van der Waals surface area contributed by atoms with Crippen LogP contribution in [0, 0.1) is 16.7 Å². The van der Waals surface area contributed by atoms with Crippen LogP contribution in [0.15, 0.2) is 30.3 Å². The molecule has 0 amide bonds. The van der Waals surface area contributed by atoms with Gasteiger partial charge in [0.05, 0.1) is 5.92 Å². The Morgan fingerprint density at radius 1 is 1.06 bits per heavy atom. The Balaban J connectivity index is 2.34. The van der Waals surface area contributed by atoms with Crippen molar-refractivity contribution in [2.24, 2.45) is 28.4 Å². The maximum Gasteiger partial charge on any atom is 0.332 e. The highest BCUT2D eigenvalue weighted by molar-refractivity contribution is 5.84. The average Bonchev–Trinajstić information content (AvgIpc) is 2.72. The lowest BCUT2D eigenvalue weighted by Gasteiger charge is -2.53. The minimum Gasteiger partial charge on any atom is -0.425 e. The van der Waals surface area contributed by atoms with E-state index >= 15 is 0 Å². The third-order valence-electron chi connectivity index (χ3n) is 6.88. The molecule has 31 heavy (non-hydrogen) atoms. The van der Waals surface area contributed by atoms with Gasteiger partial charge in [-0.2, -0.15) is 5.90 Å². The third kappa shape index (κ3) is 6.30. The van der Waals surface area contributed by atoms with Gasteiger partial charge in [0.15, 0.2) is 0 Å². The normalized spacial score (nSPS) is 24.8. The first-order valence-electron chi connectivity index (χ1n) is 11.5. The van der Waals surface area contributed by atoms with E-state index in [9.17, 15) is 9.59 Å². The van der Waals surface area contributed by atoms with Crippen LogP contribution in [0.1, 0.15) is 85.5 Å². The molecule has 0 saturated heterocycles. The number of rotatable bonds is 10. The smallest absolute Gasteiger partial charge is 0.332 e. The van der Waals surface area contributed by atoms with Crippen molar-refractivity contribution in [3.63, 3.8) is 0 Å². The molecule has 174 valence electrons. The first kappa shape index (κ1) is 25.3. The molecule has 1 saturated carbocycles. The van der Waals surface area contributed by atoms with E-state index < -0.39 is 28.8 Å². The molecular weight excluding hydrogens is 392 g/mol. The summed E-state index contributed by atoms with van der Waals surface area (Å²) in [5, 5.41) is 0. The summed E-state index contributed by atoms with van der Waals surface area (Å²) >= 11 is 0. The number of carbonyl (C=O) groups is 2. The van der Waals surface area contributed by atoms with Crippen LogP contribution in [0.5, 0.6) is 5.75 Å². The van der Waals surface area contributed by atoms with Gasteiger partial charge in [-0.15, -0.1) is 0 Å². The number of benzene rings is 1. The molecule has 0 radical (unpaired) electrons. The van der Waals surface area contributed by atoms with Crippen LogP contribution in [0.2, 0.25) is 0 Å². The Kier molecular flexibility index (Phi) is 8.66. The molecule has 1 aromatic rings. The molecular formula is C25H40N2O4. The third-order valence-corrected chi connectivity index (χ3v) is 6.88. The van der Waals surface area contributed by atoms with E-state index in [1.54, 1.807) is 12.1 Å². The number of carbonyl (C=O) groups excluding carboxylic acids is 2. The highest BCUT2D eigenvalue weighted by Crippen LogP contribution is 2.54. The number of hydrogen-bond acceptors (Lipinski definition) is 6. The van der Waals surface area contributed by atoms with Gasteiger partial charge >= 0.3 is 11.9 Å². The summed E-state index contributed by atoms with van der Waals surface area (Å²) in [6.07, 6.45) is 7.61. The molecule has 0 aliphatic heterocycles. The number of esters is 1. The number of ether oxygens (including phenoxy) is 1. The highest BCUT2D eigenvalue weighted by Gasteiger charge is 2.57. The van der Waals surface area contributed by atoms with Gasteiger partial charge in [0.2, 0.25) is 0 Å². The molecule has 3 unspecified atom stereocenters. The average molecular weight is 433 g/mol. The maximum absolute atomic E-state index is 13.5. The standard InChI is InChI=1S/C25H40N2O4/c1-5-6-7-8-12-15-25(26,22(29)30-20-13-10-9-11-14-20)24(4)17-19(21(28)31-27)16-23(2,3)18-24/h9-11,13-14,19H,5-8,12,15-18,26-27H2,1-4H3. The molecule has 1 aromatic carbocycles. The molecule has 3 atom stereocenters. The summed E-state index contributed by atoms with van der Waals surface area (Å²) in [4.78, 5) is 30.5. The van der Waals surface area contributed by atoms with E-state index in [1.807, 2.05) is 25.1 Å². The summed E-state index contributed by atoms with van der Waals surface area (Å²) in [6.45, 7) is 8.39. The van der Waals surface area contributed by atoms with Crippen molar-refractivity contribution < 1.29 is 19.2 Å². The van der Waals surface area contributed by atoms with Crippen molar-refractivity contribution in [1.82, 2.24) is 0 Å². The molecule has 0 bridgehead atoms. The first-order chi connectivity index (χ1) is 14.6. The lowest BCUT2D eigenvalue weighted by atomic mass is 9.53. The Morgan fingerprint density at radius 2 is 1.71 bits per heavy atom. The molecule has 0 aromatic heterocycles. The van der Waals surface area contributed by atoms with Gasteiger partial charge in [0.25, 0.3) is 0 Å². The van der Waals surface area contributed by atoms with Gasteiger partial charge < -0.3 is 15.3 Å². The lowest BCUT2D eigenvalue weighted by molar-refractivity contribution is -0.161. The van der Waals surface area contributed by atoms with Crippen LogP contribution in [0.4, 0.5) is 0 Å². The van der Waals surface area contributed by atoms with E-state index in [4.69, 9.17) is 16.4 Å². The van der Waals surface area contributed by atoms with Crippen LogP contribution < -0.4 is 16.4 Å². The molecule has 6 heteroatoms. The molecule has 6 nitrogen and oxygen atoms in total. The van der Waals surface area contributed by atoms with Gasteiger partial charge in [-0.25, -0.2) is 4.79 Å². The topological polar surface area (TPSA) is 105 Å². The van der Waals surface area contributed by atoms with Crippen molar-refractivity contribution in [1.29, 1.82) is 0 Å². The second kappa shape index (κ2) is 10.6. The van der Waals surface area contributed by atoms with Gasteiger partial charge in [-0.05, 0) is 48.6 Å². The SMILES string of the molecule is CCCCCCCC(N)(C(=O)Oc1ccccc1)C1(C)CC(C(=O)ON)CC(C)(C)C1. The van der Waals surface area contributed by atoms with E-state index in [0.717, 1.165) is 25.7 Å². The highest BCUT2D eigenvalue weighted by atomic mass is 16.7. The largest absolute Gasteiger partial charge is 0.425 e. The minimum absolute atomic E-state index is 0.189. The fourth-order valence-electron chi connectivity index (χ4n) is 5.43. The molecule has 2 rings (SSSR count). The van der Waals surface area contributed by atoms with Crippen molar-refractivity contribution in [2.45, 2.75) is 91.0 Å². The number of para-hydroxylation sites is 1. The zero-order valence-electron chi connectivity index (χ0n) is 19.6. The van der Waals surface area contributed by atoms with Crippen LogP contribution in [-0.4, -0.2) is 17.5 Å². The molecule has 4 N–H and O–H groups in total. The maximum atomic E-state index is 13.5. The lowest BCUT2D eigenvalue weighted by Crippen LogP contribution is -2.64. The number of nitrogens with two attached hydrogens (primary N) is 2. The van der Waals surface area contributed by atoms with E-state index in [-0.39, 0.29) is 5.41 Å². The van der Waals surface area contributed by atoms with E-state index in [2.05, 4.69) is 25.6 Å².